The Balaban J connectivity index is 1.98. The zero-order valence-electron chi connectivity index (χ0n) is 17.9. The number of ketones is 1. The first-order valence-electron chi connectivity index (χ1n) is 10.1. The number of carbonyl (C=O) groups is 2. The Morgan fingerprint density at radius 1 is 0.969 bits per heavy atom. The van der Waals surface area contributed by atoms with Gasteiger partial charge in [-0.05, 0) is 60.9 Å². The number of carbonyl (C=O) groups excluding carboxylic acids is 2. The average Bonchev–Trinajstić information content (AvgIpc) is 3.06. The van der Waals surface area contributed by atoms with Crippen molar-refractivity contribution >= 4 is 23.1 Å². The molecule has 6 heteroatoms. The van der Waals surface area contributed by atoms with Crippen molar-refractivity contribution in [2.75, 3.05) is 12.0 Å². The number of rotatable bonds is 4. The van der Waals surface area contributed by atoms with Crippen LogP contribution in [0.2, 0.25) is 0 Å². The summed E-state index contributed by atoms with van der Waals surface area (Å²) in [5, 5.41) is 11.2. The lowest BCUT2D eigenvalue weighted by Crippen LogP contribution is -2.29. The van der Waals surface area contributed by atoms with Gasteiger partial charge < -0.3 is 9.84 Å². The third-order valence-corrected chi connectivity index (χ3v) is 5.75. The standard InChI is InChI=1S/C26H22FNO4/c1-15-9-11-19(13-16(15)2)28-23(17-7-5-4-6-8-17)22(25(30)26(28)31)24(29)20-14-18(27)10-12-21(20)32-3/h4-14,23,29H,1-3H3/b24-22+. The maximum atomic E-state index is 14.0. The van der Waals surface area contributed by atoms with E-state index in [1.807, 2.05) is 32.0 Å². The van der Waals surface area contributed by atoms with Gasteiger partial charge in [-0.15, -0.1) is 0 Å². The highest BCUT2D eigenvalue weighted by Gasteiger charge is 2.47. The molecule has 162 valence electrons. The van der Waals surface area contributed by atoms with Crippen molar-refractivity contribution in [3.8, 4) is 5.75 Å². The van der Waals surface area contributed by atoms with Gasteiger partial charge in [0, 0.05) is 5.69 Å². The fourth-order valence-corrected chi connectivity index (χ4v) is 3.94. The number of methoxy groups -OCH3 is 1. The van der Waals surface area contributed by atoms with Crippen molar-refractivity contribution in [2.45, 2.75) is 19.9 Å². The fourth-order valence-electron chi connectivity index (χ4n) is 3.94. The molecule has 1 saturated heterocycles. The van der Waals surface area contributed by atoms with Gasteiger partial charge >= 0.3 is 0 Å². The number of aryl methyl sites for hydroxylation is 2. The van der Waals surface area contributed by atoms with Gasteiger partial charge in [0.1, 0.15) is 17.3 Å². The average molecular weight is 431 g/mol. The SMILES string of the molecule is COc1ccc(F)cc1/C(O)=C1\C(=O)C(=O)N(c2ccc(C)c(C)c2)C1c1ccccc1. The van der Waals surface area contributed by atoms with Crippen LogP contribution in [0.25, 0.3) is 5.76 Å². The Hall–Kier alpha value is -3.93. The zero-order chi connectivity index (χ0) is 23.0. The summed E-state index contributed by atoms with van der Waals surface area (Å²) in [5.74, 6) is -2.51. The van der Waals surface area contributed by atoms with E-state index in [2.05, 4.69) is 0 Å². The first-order valence-corrected chi connectivity index (χ1v) is 10.1. The molecule has 1 atom stereocenters. The van der Waals surface area contributed by atoms with Crippen LogP contribution in [0.3, 0.4) is 0 Å². The molecule has 32 heavy (non-hydrogen) atoms. The Morgan fingerprint density at radius 3 is 2.34 bits per heavy atom. The van der Waals surface area contributed by atoms with Gasteiger partial charge in [-0.2, -0.15) is 0 Å². The summed E-state index contributed by atoms with van der Waals surface area (Å²) in [4.78, 5) is 27.7. The van der Waals surface area contributed by atoms with E-state index in [9.17, 15) is 19.1 Å². The molecule has 0 aliphatic carbocycles. The lowest BCUT2D eigenvalue weighted by molar-refractivity contribution is -0.132. The Bertz CT molecular complexity index is 1250. The van der Waals surface area contributed by atoms with Gasteiger partial charge in [0.2, 0.25) is 0 Å². The van der Waals surface area contributed by atoms with Gasteiger partial charge in [-0.25, -0.2) is 4.39 Å². The number of hydrogen-bond donors (Lipinski definition) is 1. The summed E-state index contributed by atoms with van der Waals surface area (Å²) >= 11 is 0. The Kier molecular flexibility index (Phi) is 5.53. The molecule has 0 bridgehead atoms. The second kappa shape index (κ2) is 8.30. The van der Waals surface area contributed by atoms with Crippen molar-refractivity contribution < 1.29 is 23.8 Å². The Morgan fingerprint density at radius 2 is 1.69 bits per heavy atom. The first kappa shape index (κ1) is 21.3. The summed E-state index contributed by atoms with van der Waals surface area (Å²) < 4.78 is 19.3. The normalized spacial score (nSPS) is 17.6. The summed E-state index contributed by atoms with van der Waals surface area (Å²) in [7, 11) is 1.38. The molecule has 3 aromatic carbocycles. The van der Waals surface area contributed by atoms with E-state index in [0.717, 1.165) is 17.2 Å². The van der Waals surface area contributed by atoms with Gasteiger partial charge in [-0.3, -0.25) is 14.5 Å². The van der Waals surface area contributed by atoms with Crippen LogP contribution in [0.1, 0.15) is 28.3 Å². The molecular weight excluding hydrogens is 409 g/mol. The molecule has 4 rings (SSSR count). The lowest BCUT2D eigenvalue weighted by Gasteiger charge is -2.26. The van der Waals surface area contributed by atoms with E-state index in [0.29, 0.717) is 11.3 Å². The number of aliphatic hydroxyl groups excluding tert-OH is 1. The molecule has 1 aliphatic rings. The number of aliphatic hydroxyl groups is 1. The van der Waals surface area contributed by atoms with Crippen LogP contribution in [0.5, 0.6) is 5.75 Å². The number of ether oxygens (including phenoxy) is 1. The number of Topliss-reactive ketones (excluding diaryl/α,β-unsaturated/α-hetero) is 1. The van der Waals surface area contributed by atoms with Gasteiger partial charge in [0.25, 0.3) is 11.7 Å². The largest absolute Gasteiger partial charge is 0.507 e. The molecule has 0 radical (unpaired) electrons. The lowest BCUT2D eigenvalue weighted by atomic mass is 9.94. The number of nitrogens with zero attached hydrogens (tertiary/aromatic N) is 1. The number of halogens is 1. The van der Waals surface area contributed by atoms with Crippen LogP contribution in [0.4, 0.5) is 10.1 Å². The highest BCUT2D eigenvalue weighted by Crippen LogP contribution is 2.43. The molecule has 5 nitrogen and oxygen atoms in total. The summed E-state index contributed by atoms with van der Waals surface area (Å²) in [6, 6.07) is 17.2. The molecular formula is C26H22FNO4. The predicted octanol–water partition coefficient (Wildman–Crippen LogP) is 5.08. The van der Waals surface area contributed by atoms with Crippen LogP contribution >= 0.6 is 0 Å². The second-order valence-electron chi connectivity index (χ2n) is 7.69. The van der Waals surface area contributed by atoms with E-state index in [-0.39, 0.29) is 16.9 Å². The highest BCUT2D eigenvalue weighted by molar-refractivity contribution is 6.51. The number of benzene rings is 3. The molecule has 1 heterocycles. The van der Waals surface area contributed by atoms with Crippen molar-refractivity contribution in [3.63, 3.8) is 0 Å². The quantitative estimate of drug-likeness (QED) is 0.356. The number of amides is 1. The number of anilines is 1. The van der Waals surface area contributed by atoms with Crippen LogP contribution in [-0.2, 0) is 9.59 Å². The molecule has 0 spiro atoms. The minimum atomic E-state index is -0.883. The van der Waals surface area contributed by atoms with Crippen LogP contribution in [-0.4, -0.2) is 23.9 Å². The van der Waals surface area contributed by atoms with Crippen LogP contribution in [0, 0.1) is 19.7 Å². The minimum Gasteiger partial charge on any atom is -0.507 e. The van der Waals surface area contributed by atoms with E-state index in [4.69, 9.17) is 4.74 Å². The maximum Gasteiger partial charge on any atom is 0.300 e. The molecule has 0 saturated carbocycles. The fraction of sp³-hybridized carbons (Fsp3) is 0.154. The van der Waals surface area contributed by atoms with E-state index in [1.54, 1.807) is 30.3 Å². The second-order valence-corrected chi connectivity index (χ2v) is 7.69. The molecule has 1 unspecified atom stereocenters. The maximum absolute atomic E-state index is 14.0. The third kappa shape index (κ3) is 3.54. The van der Waals surface area contributed by atoms with Crippen LogP contribution in [0.15, 0.2) is 72.3 Å². The van der Waals surface area contributed by atoms with Crippen LogP contribution < -0.4 is 9.64 Å². The van der Waals surface area contributed by atoms with Crippen molar-refractivity contribution in [2.24, 2.45) is 0 Å². The molecule has 0 aromatic heterocycles. The first-order chi connectivity index (χ1) is 15.3. The molecule has 1 aliphatic heterocycles. The Labute approximate surface area is 185 Å². The zero-order valence-corrected chi connectivity index (χ0v) is 17.9. The molecule has 1 fully saturated rings. The summed E-state index contributed by atoms with van der Waals surface area (Å²) in [6.07, 6.45) is 0. The summed E-state index contributed by atoms with van der Waals surface area (Å²) in [5.41, 5.74) is 3.07. The smallest absolute Gasteiger partial charge is 0.300 e. The minimum absolute atomic E-state index is 0.00604. The predicted molar refractivity (Wildman–Crippen MR) is 120 cm³/mol. The number of hydrogen-bond acceptors (Lipinski definition) is 4. The molecule has 1 amide bonds. The van der Waals surface area contributed by atoms with Gasteiger partial charge in [0.15, 0.2) is 0 Å². The molecule has 1 N–H and O–H groups in total. The summed E-state index contributed by atoms with van der Waals surface area (Å²) in [6.45, 7) is 3.88. The van der Waals surface area contributed by atoms with E-state index >= 15 is 0 Å². The topological polar surface area (TPSA) is 66.8 Å². The van der Waals surface area contributed by atoms with Crippen molar-refractivity contribution in [1.82, 2.24) is 0 Å². The highest BCUT2D eigenvalue weighted by atomic mass is 19.1. The van der Waals surface area contributed by atoms with Crippen molar-refractivity contribution in [3.05, 3.63) is 100 Å². The molecule has 3 aromatic rings. The monoisotopic (exact) mass is 431 g/mol. The third-order valence-electron chi connectivity index (χ3n) is 5.75. The van der Waals surface area contributed by atoms with Gasteiger partial charge in [0.05, 0.1) is 24.3 Å². The van der Waals surface area contributed by atoms with Crippen molar-refractivity contribution in [1.29, 1.82) is 0 Å². The van der Waals surface area contributed by atoms with E-state index in [1.165, 1.54) is 24.1 Å². The van der Waals surface area contributed by atoms with Gasteiger partial charge in [-0.1, -0.05) is 36.4 Å². The van der Waals surface area contributed by atoms with E-state index < -0.39 is 29.3 Å².